The topological polar surface area (TPSA) is 52.1 Å². The Balaban J connectivity index is 0.00000338. The minimum absolute atomic E-state index is 0. The van der Waals surface area contributed by atoms with E-state index >= 15 is 0 Å². The summed E-state index contributed by atoms with van der Waals surface area (Å²) >= 11 is 0. The molecule has 0 aromatic heterocycles. The summed E-state index contributed by atoms with van der Waals surface area (Å²) in [5, 5.41) is 6.85. The van der Waals surface area contributed by atoms with Crippen molar-refractivity contribution in [2.45, 2.75) is 26.4 Å². The molecule has 1 saturated heterocycles. The predicted molar refractivity (Wildman–Crippen MR) is 120 cm³/mol. The lowest BCUT2D eigenvalue weighted by atomic mass is 10.1. The molecule has 1 aliphatic heterocycles. The van der Waals surface area contributed by atoms with E-state index in [1.54, 1.807) is 0 Å². The van der Waals surface area contributed by atoms with E-state index in [2.05, 4.69) is 64.6 Å². The quantitative estimate of drug-likeness (QED) is 0.374. The van der Waals surface area contributed by atoms with Crippen LogP contribution in [0.5, 0.6) is 5.75 Å². The zero-order valence-corrected chi connectivity index (χ0v) is 19.0. The third kappa shape index (κ3) is 6.92. The first-order valence-corrected chi connectivity index (χ1v) is 9.09. The SMILES string of the molecule is CCOc1cc(C)ccc1CNC(=NC)NCC1CN(C)CCN1C.I. The zero-order valence-electron chi connectivity index (χ0n) is 16.7. The number of benzene rings is 1. The van der Waals surface area contributed by atoms with E-state index in [0.29, 0.717) is 19.2 Å². The van der Waals surface area contributed by atoms with Gasteiger partial charge in [0, 0.05) is 51.4 Å². The molecule has 7 heteroatoms. The largest absolute Gasteiger partial charge is 0.494 e. The van der Waals surface area contributed by atoms with E-state index in [-0.39, 0.29) is 24.0 Å². The average Bonchev–Trinajstić information content (AvgIpc) is 2.59. The van der Waals surface area contributed by atoms with Gasteiger partial charge in [0.15, 0.2) is 5.96 Å². The van der Waals surface area contributed by atoms with Gasteiger partial charge in [-0.2, -0.15) is 0 Å². The highest BCUT2D eigenvalue weighted by Crippen LogP contribution is 2.20. The Kier molecular flexibility index (Phi) is 10.3. The molecule has 1 heterocycles. The summed E-state index contributed by atoms with van der Waals surface area (Å²) in [6.45, 7) is 9.65. The van der Waals surface area contributed by atoms with Crippen LogP contribution < -0.4 is 15.4 Å². The molecule has 1 aliphatic rings. The highest BCUT2D eigenvalue weighted by atomic mass is 127. The Labute approximate surface area is 175 Å². The summed E-state index contributed by atoms with van der Waals surface area (Å²) in [6.07, 6.45) is 0. The summed E-state index contributed by atoms with van der Waals surface area (Å²) < 4.78 is 5.75. The van der Waals surface area contributed by atoms with Gasteiger partial charge >= 0.3 is 0 Å². The molecule has 1 aromatic rings. The first kappa shape index (κ1) is 23.0. The molecule has 2 N–H and O–H groups in total. The Morgan fingerprint density at radius 1 is 1.27 bits per heavy atom. The molecular formula is C19H34IN5O. The number of aryl methyl sites for hydroxylation is 1. The van der Waals surface area contributed by atoms with Crippen molar-refractivity contribution in [3.63, 3.8) is 0 Å². The van der Waals surface area contributed by atoms with Crippen molar-refractivity contribution in [3.05, 3.63) is 29.3 Å². The van der Waals surface area contributed by atoms with Crippen LogP contribution >= 0.6 is 24.0 Å². The van der Waals surface area contributed by atoms with E-state index < -0.39 is 0 Å². The fraction of sp³-hybridized carbons (Fsp3) is 0.632. The fourth-order valence-electron chi connectivity index (χ4n) is 3.03. The van der Waals surface area contributed by atoms with Crippen molar-refractivity contribution in [2.75, 3.05) is 53.9 Å². The molecule has 0 bridgehead atoms. The van der Waals surface area contributed by atoms with E-state index in [4.69, 9.17) is 4.74 Å². The second kappa shape index (κ2) is 11.6. The summed E-state index contributed by atoms with van der Waals surface area (Å²) in [5.41, 5.74) is 2.35. The Hall–Kier alpha value is -1.06. The van der Waals surface area contributed by atoms with E-state index in [0.717, 1.165) is 43.5 Å². The molecule has 6 nitrogen and oxygen atoms in total. The molecule has 1 atom stereocenters. The van der Waals surface area contributed by atoms with Crippen molar-refractivity contribution in [1.29, 1.82) is 0 Å². The Morgan fingerprint density at radius 3 is 2.73 bits per heavy atom. The Bertz CT molecular complexity index is 581. The number of nitrogens with one attached hydrogen (secondary N) is 2. The number of likely N-dealkylation sites (N-methyl/N-ethyl adjacent to an activating group) is 2. The smallest absolute Gasteiger partial charge is 0.191 e. The van der Waals surface area contributed by atoms with Crippen molar-refractivity contribution < 1.29 is 4.74 Å². The van der Waals surface area contributed by atoms with E-state index in [1.165, 1.54) is 5.56 Å². The highest BCUT2D eigenvalue weighted by Gasteiger charge is 2.22. The van der Waals surface area contributed by atoms with Crippen LogP contribution in [-0.2, 0) is 6.54 Å². The lowest BCUT2D eigenvalue weighted by Gasteiger charge is -2.37. The van der Waals surface area contributed by atoms with Gasteiger partial charge in [-0.25, -0.2) is 0 Å². The predicted octanol–water partition coefficient (Wildman–Crippen LogP) is 1.92. The highest BCUT2D eigenvalue weighted by molar-refractivity contribution is 14.0. The van der Waals surface area contributed by atoms with E-state index in [9.17, 15) is 0 Å². The molecule has 0 saturated carbocycles. The number of aliphatic imine (C=N–C) groups is 1. The number of guanidine groups is 1. The molecule has 0 spiro atoms. The van der Waals surface area contributed by atoms with Crippen molar-refractivity contribution >= 4 is 29.9 Å². The number of hydrogen-bond acceptors (Lipinski definition) is 4. The van der Waals surface area contributed by atoms with Gasteiger partial charge in [0.05, 0.1) is 6.61 Å². The van der Waals surface area contributed by atoms with Crippen LogP contribution in [0.15, 0.2) is 23.2 Å². The van der Waals surface area contributed by atoms with Gasteiger partial charge < -0.3 is 20.3 Å². The van der Waals surface area contributed by atoms with Gasteiger partial charge in [-0.15, -0.1) is 24.0 Å². The Morgan fingerprint density at radius 2 is 2.04 bits per heavy atom. The van der Waals surface area contributed by atoms with Gasteiger partial charge in [-0.3, -0.25) is 9.89 Å². The third-order valence-corrected chi connectivity index (χ3v) is 4.68. The molecular weight excluding hydrogens is 441 g/mol. The van der Waals surface area contributed by atoms with E-state index in [1.807, 2.05) is 14.0 Å². The van der Waals surface area contributed by atoms with Gasteiger partial charge in [-0.05, 0) is 39.6 Å². The lowest BCUT2D eigenvalue weighted by molar-refractivity contribution is 0.116. The van der Waals surface area contributed by atoms with Crippen LogP contribution in [0.1, 0.15) is 18.1 Å². The maximum atomic E-state index is 5.75. The van der Waals surface area contributed by atoms with Crippen LogP contribution in [0.25, 0.3) is 0 Å². The van der Waals surface area contributed by atoms with Gasteiger partial charge in [0.2, 0.25) is 0 Å². The summed E-state index contributed by atoms with van der Waals surface area (Å²) in [5.74, 6) is 1.77. The van der Waals surface area contributed by atoms with Gasteiger partial charge in [0.25, 0.3) is 0 Å². The van der Waals surface area contributed by atoms with Crippen LogP contribution in [0, 0.1) is 6.92 Å². The lowest BCUT2D eigenvalue weighted by Crippen LogP contribution is -2.55. The third-order valence-electron chi connectivity index (χ3n) is 4.68. The van der Waals surface area contributed by atoms with Crippen molar-refractivity contribution in [1.82, 2.24) is 20.4 Å². The summed E-state index contributed by atoms with van der Waals surface area (Å²) in [6, 6.07) is 6.81. The number of nitrogens with zero attached hydrogens (tertiary/aromatic N) is 3. The normalized spacial score (nSPS) is 19.0. The number of hydrogen-bond donors (Lipinski definition) is 2. The molecule has 1 unspecified atom stereocenters. The zero-order chi connectivity index (χ0) is 18.2. The molecule has 1 fully saturated rings. The van der Waals surface area contributed by atoms with Crippen molar-refractivity contribution in [2.24, 2.45) is 4.99 Å². The number of piperazine rings is 1. The number of ether oxygens (including phenoxy) is 1. The fourth-order valence-corrected chi connectivity index (χ4v) is 3.03. The summed E-state index contributed by atoms with van der Waals surface area (Å²) in [7, 11) is 6.18. The molecule has 2 rings (SSSR count). The maximum absolute atomic E-state index is 5.75. The van der Waals surface area contributed by atoms with Crippen LogP contribution in [0.3, 0.4) is 0 Å². The van der Waals surface area contributed by atoms with Crippen LogP contribution in [0.2, 0.25) is 0 Å². The maximum Gasteiger partial charge on any atom is 0.191 e. The average molecular weight is 475 g/mol. The number of rotatable bonds is 6. The minimum atomic E-state index is 0. The molecule has 26 heavy (non-hydrogen) atoms. The summed E-state index contributed by atoms with van der Waals surface area (Å²) in [4.78, 5) is 9.13. The molecule has 0 aliphatic carbocycles. The molecule has 0 amide bonds. The molecule has 0 radical (unpaired) electrons. The monoisotopic (exact) mass is 475 g/mol. The second-order valence-corrected chi connectivity index (χ2v) is 6.75. The van der Waals surface area contributed by atoms with Gasteiger partial charge in [0.1, 0.15) is 5.75 Å². The first-order chi connectivity index (χ1) is 12.0. The number of halogens is 1. The van der Waals surface area contributed by atoms with Gasteiger partial charge in [-0.1, -0.05) is 12.1 Å². The van der Waals surface area contributed by atoms with Crippen LogP contribution in [0.4, 0.5) is 0 Å². The molecule has 148 valence electrons. The standard InChI is InChI=1S/C19H33N5O.HI/c1-6-25-18-11-15(2)7-8-16(18)12-21-19(20-3)22-13-17-14-23(4)9-10-24(17)5;/h7-8,11,17H,6,9-10,12-14H2,1-5H3,(H2,20,21,22);1H. The van der Waals surface area contributed by atoms with Crippen molar-refractivity contribution in [3.8, 4) is 5.75 Å². The van der Waals surface area contributed by atoms with Crippen LogP contribution in [-0.4, -0.2) is 75.7 Å². The second-order valence-electron chi connectivity index (χ2n) is 6.75. The first-order valence-electron chi connectivity index (χ1n) is 9.09. The minimum Gasteiger partial charge on any atom is -0.494 e. The molecule has 1 aromatic carbocycles.